The summed E-state index contributed by atoms with van der Waals surface area (Å²) in [5, 5.41) is 0. The van der Waals surface area contributed by atoms with E-state index in [2.05, 4.69) is 0 Å². The maximum Gasteiger partial charge on any atom is 0.330 e. The van der Waals surface area contributed by atoms with E-state index in [0.29, 0.717) is 5.75 Å². The SMILES string of the molecule is COC[C@H](N)C(=O)Oc1ccccc1. The fourth-order valence-corrected chi connectivity index (χ4v) is 0.928. The van der Waals surface area contributed by atoms with Crippen LogP contribution in [-0.2, 0) is 9.53 Å². The van der Waals surface area contributed by atoms with E-state index >= 15 is 0 Å². The number of nitrogens with two attached hydrogens (primary N) is 1. The molecule has 0 saturated heterocycles. The van der Waals surface area contributed by atoms with Gasteiger partial charge < -0.3 is 15.2 Å². The van der Waals surface area contributed by atoms with Crippen molar-refractivity contribution < 1.29 is 14.3 Å². The molecule has 0 radical (unpaired) electrons. The van der Waals surface area contributed by atoms with Gasteiger partial charge in [-0.05, 0) is 12.1 Å². The number of hydrogen-bond acceptors (Lipinski definition) is 4. The van der Waals surface area contributed by atoms with Crippen LogP contribution in [0.25, 0.3) is 0 Å². The van der Waals surface area contributed by atoms with E-state index in [-0.39, 0.29) is 6.61 Å². The number of methoxy groups -OCH3 is 1. The normalized spacial score (nSPS) is 12.1. The second-order valence-electron chi connectivity index (χ2n) is 2.80. The summed E-state index contributed by atoms with van der Waals surface area (Å²) in [7, 11) is 1.48. The Morgan fingerprint density at radius 2 is 2.07 bits per heavy atom. The second kappa shape index (κ2) is 5.36. The lowest BCUT2D eigenvalue weighted by Gasteiger charge is -2.09. The van der Waals surface area contributed by atoms with Crippen LogP contribution in [0.3, 0.4) is 0 Å². The summed E-state index contributed by atoms with van der Waals surface area (Å²) in [4.78, 5) is 11.3. The molecule has 1 aromatic rings. The van der Waals surface area contributed by atoms with E-state index < -0.39 is 12.0 Å². The van der Waals surface area contributed by atoms with E-state index in [1.165, 1.54) is 7.11 Å². The minimum Gasteiger partial charge on any atom is -0.425 e. The Hall–Kier alpha value is -1.39. The first-order valence-electron chi connectivity index (χ1n) is 4.25. The lowest BCUT2D eigenvalue weighted by Crippen LogP contribution is -2.38. The molecule has 0 heterocycles. The zero-order chi connectivity index (χ0) is 10.4. The van der Waals surface area contributed by atoms with Gasteiger partial charge in [0.15, 0.2) is 0 Å². The average Bonchev–Trinajstić information content (AvgIpc) is 2.19. The summed E-state index contributed by atoms with van der Waals surface area (Å²) >= 11 is 0. The van der Waals surface area contributed by atoms with Crippen molar-refractivity contribution in [1.82, 2.24) is 0 Å². The highest BCUT2D eigenvalue weighted by atomic mass is 16.5. The van der Waals surface area contributed by atoms with Gasteiger partial charge in [-0.3, -0.25) is 0 Å². The molecular weight excluding hydrogens is 182 g/mol. The summed E-state index contributed by atoms with van der Waals surface area (Å²) in [5.74, 6) is 0.00195. The van der Waals surface area contributed by atoms with E-state index in [0.717, 1.165) is 0 Å². The molecule has 0 aliphatic rings. The minimum atomic E-state index is -0.736. The monoisotopic (exact) mass is 195 g/mol. The Kier molecular flexibility index (Phi) is 4.10. The molecule has 0 aliphatic carbocycles. The molecule has 4 nitrogen and oxygen atoms in total. The van der Waals surface area contributed by atoms with Crippen molar-refractivity contribution in [3.05, 3.63) is 30.3 Å². The number of para-hydroxylation sites is 1. The Balaban J connectivity index is 2.49. The molecule has 0 aliphatic heterocycles. The van der Waals surface area contributed by atoms with Crippen molar-refractivity contribution in [3.8, 4) is 5.75 Å². The largest absolute Gasteiger partial charge is 0.425 e. The van der Waals surface area contributed by atoms with Crippen LogP contribution in [0.2, 0.25) is 0 Å². The minimum absolute atomic E-state index is 0.158. The quantitative estimate of drug-likeness (QED) is 0.563. The molecule has 1 aromatic carbocycles. The van der Waals surface area contributed by atoms with E-state index in [9.17, 15) is 4.79 Å². The van der Waals surface area contributed by atoms with Gasteiger partial charge in [-0.2, -0.15) is 0 Å². The lowest BCUT2D eigenvalue weighted by molar-refractivity contribution is -0.137. The van der Waals surface area contributed by atoms with E-state index in [4.69, 9.17) is 15.2 Å². The Morgan fingerprint density at radius 3 is 2.64 bits per heavy atom. The molecule has 0 aromatic heterocycles. The van der Waals surface area contributed by atoms with Gasteiger partial charge in [0.25, 0.3) is 0 Å². The number of ether oxygens (including phenoxy) is 2. The van der Waals surface area contributed by atoms with Crippen LogP contribution in [-0.4, -0.2) is 25.7 Å². The maximum absolute atomic E-state index is 11.3. The van der Waals surface area contributed by atoms with Crippen LogP contribution >= 0.6 is 0 Å². The summed E-state index contributed by atoms with van der Waals surface area (Å²) in [5.41, 5.74) is 5.48. The predicted molar refractivity (Wildman–Crippen MR) is 51.9 cm³/mol. The van der Waals surface area contributed by atoms with Crippen molar-refractivity contribution in [2.75, 3.05) is 13.7 Å². The molecule has 4 heteroatoms. The second-order valence-corrected chi connectivity index (χ2v) is 2.80. The molecule has 76 valence electrons. The van der Waals surface area contributed by atoms with Gasteiger partial charge in [0.05, 0.1) is 6.61 Å². The standard InChI is InChI=1S/C10H13NO3/c1-13-7-9(11)10(12)14-8-5-3-2-4-6-8/h2-6,9H,7,11H2,1H3/t9-/m0/s1. The predicted octanol–water partition coefficient (Wildman–Crippen LogP) is 0.566. The molecule has 1 rings (SSSR count). The Bertz CT molecular complexity index is 287. The number of hydrogen-bond donors (Lipinski definition) is 1. The third-order valence-corrected chi connectivity index (χ3v) is 1.61. The van der Waals surface area contributed by atoms with Crippen LogP contribution in [0.5, 0.6) is 5.75 Å². The fraction of sp³-hybridized carbons (Fsp3) is 0.300. The molecule has 2 N–H and O–H groups in total. The van der Waals surface area contributed by atoms with Crippen molar-refractivity contribution in [1.29, 1.82) is 0 Å². The zero-order valence-corrected chi connectivity index (χ0v) is 7.97. The number of rotatable bonds is 4. The van der Waals surface area contributed by atoms with Gasteiger partial charge >= 0.3 is 5.97 Å². The zero-order valence-electron chi connectivity index (χ0n) is 7.97. The van der Waals surface area contributed by atoms with Crippen molar-refractivity contribution in [3.63, 3.8) is 0 Å². The van der Waals surface area contributed by atoms with Crippen LogP contribution in [0.15, 0.2) is 30.3 Å². The van der Waals surface area contributed by atoms with Crippen molar-refractivity contribution in [2.24, 2.45) is 5.73 Å². The van der Waals surface area contributed by atoms with Crippen LogP contribution in [0.1, 0.15) is 0 Å². The molecular formula is C10H13NO3. The molecule has 1 atom stereocenters. The number of carbonyl (C=O) groups excluding carboxylic acids is 1. The van der Waals surface area contributed by atoms with Crippen LogP contribution in [0, 0.1) is 0 Å². The lowest BCUT2D eigenvalue weighted by atomic mass is 10.3. The van der Waals surface area contributed by atoms with Crippen molar-refractivity contribution in [2.45, 2.75) is 6.04 Å². The molecule has 0 saturated carbocycles. The number of esters is 1. The first-order chi connectivity index (χ1) is 6.74. The average molecular weight is 195 g/mol. The van der Waals surface area contributed by atoms with E-state index in [1.54, 1.807) is 24.3 Å². The van der Waals surface area contributed by atoms with Gasteiger partial charge in [0, 0.05) is 7.11 Å². The highest BCUT2D eigenvalue weighted by molar-refractivity contribution is 5.78. The van der Waals surface area contributed by atoms with Gasteiger partial charge in [0.1, 0.15) is 11.8 Å². The summed E-state index contributed by atoms with van der Waals surface area (Å²) in [6, 6.07) is 8.05. The first kappa shape index (κ1) is 10.7. The van der Waals surface area contributed by atoms with Gasteiger partial charge in [-0.15, -0.1) is 0 Å². The number of benzene rings is 1. The smallest absolute Gasteiger partial charge is 0.330 e. The molecule has 0 spiro atoms. The third kappa shape index (κ3) is 3.16. The summed E-state index contributed by atoms with van der Waals surface area (Å²) in [6.45, 7) is 0.158. The first-order valence-corrected chi connectivity index (χ1v) is 4.25. The van der Waals surface area contributed by atoms with Crippen LogP contribution < -0.4 is 10.5 Å². The van der Waals surface area contributed by atoms with Crippen molar-refractivity contribution >= 4 is 5.97 Å². The molecule has 0 fully saturated rings. The Labute approximate surface area is 82.6 Å². The molecule has 0 amide bonds. The highest BCUT2D eigenvalue weighted by Gasteiger charge is 2.14. The maximum atomic E-state index is 11.3. The fourth-order valence-electron chi connectivity index (χ4n) is 0.928. The number of carbonyl (C=O) groups is 1. The van der Waals surface area contributed by atoms with Gasteiger partial charge in [0.2, 0.25) is 0 Å². The third-order valence-electron chi connectivity index (χ3n) is 1.61. The topological polar surface area (TPSA) is 61.5 Å². The Morgan fingerprint density at radius 1 is 1.43 bits per heavy atom. The molecule has 0 unspecified atom stereocenters. The molecule has 14 heavy (non-hydrogen) atoms. The van der Waals surface area contributed by atoms with E-state index in [1.807, 2.05) is 6.07 Å². The molecule has 0 bridgehead atoms. The summed E-state index contributed by atoms with van der Waals surface area (Å²) in [6.07, 6.45) is 0. The van der Waals surface area contributed by atoms with Crippen LogP contribution in [0.4, 0.5) is 0 Å². The summed E-state index contributed by atoms with van der Waals surface area (Å²) < 4.78 is 9.72. The van der Waals surface area contributed by atoms with Gasteiger partial charge in [-0.25, -0.2) is 4.79 Å². The highest BCUT2D eigenvalue weighted by Crippen LogP contribution is 2.08. The van der Waals surface area contributed by atoms with Gasteiger partial charge in [-0.1, -0.05) is 18.2 Å².